The van der Waals surface area contributed by atoms with Gasteiger partial charge in [-0.05, 0) is 19.1 Å². The smallest absolute Gasteiger partial charge is 0.282 e. The highest BCUT2D eigenvalue weighted by molar-refractivity contribution is 7.86. The second kappa shape index (κ2) is 9.91. The molecular formula is C24H32N4O5S. The summed E-state index contributed by atoms with van der Waals surface area (Å²) in [5.74, 6) is 0.364. The standard InChI is InChI=1S/C24H32N4O5S/c1-5-27(6-2)34(30,31)28-13-11-26(12-14-28)17(3)24(29)25-20-16-22-19(15-23(20)32-4)18-9-7-8-10-21(18)33-22/h7-10,15-17H,5-6,11-14H2,1-4H3,(H,25,29). The molecule has 2 aromatic carbocycles. The average Bonchev–Trinajstić information content (AvgIpc) is 3.21. The molecule has 1 N–H and O–H groups in total. The first kappa shape index (κ1) is 24.5. The number of nitrogens with one attached hydrogen (secondary N) is 1. The summed E-state index contributed by atoms with van der Waals surface area (Å²) in [5, 5.41) is 4.87. The molecule has 34 heavy (non-hydrogen) atoms. The highest BCUT2D eigenvalue weighted by atomic mass is 32.2. The molecule has 0 bridgehead atoms. The largest absolute Gasteiger partial charge is 0.495 e. The zero-order chi connectivity index (χ0) is 24.5. The third kappa shape index (κ3) is 4.50. The summed E-state index contributed by atoms with van der Waals surface area (Å²) in [6.45, 7) is 8.04. The number of ether oxygens (including phenoxy) is 1. The zero-order valence-corrected chi connectivity index (χ0v) is 20.9. The molecule has 0 spiro atoms. The highest BCUT2D eigenvalue weighted by Gasteiger charge is 2.33. The Bertz CT molecular complexity index is 1280. The zero-order valence-electron chi connectivity index (χ0n) is 20.1. The molecular weight excluding hydrogens is 456 g/mol. The van der Waals surface area contributed by atoms with Crippen molar-refractivity contribution in [1.82, 2.24) is 13.5 Å². The number of para-hydroxylation sites is 1. The van der Waals surface area contributed by atoms with Gasteiger partial charge in [0.05, 0.1) is 18.8 Å². The van der Waals surface area contributed by atoms with Crippen LogP contribution in [-0.2, 0) is 15.0 Å². The molecule has 184 valence electrons. The minimum absolute atomic E-state index is 0.186. The van der Waals surface area contributed by atoms with Gasteiger partial charge >= 0.3 is 0 Å². The Morgan fingerprint density at radius 2 is 1.76 bits per heavy atom. The van der Waals surface area contributed by atoms with E-state index in [0.717, 1.165) is 16.4 Å². The lowest BCUT2D eigenvalue weighted by molar-refractivity contribution is -0.121. The van der Waals surface area contributed by atoms with Gasteiger partial charge in [-0.1, -0.05) is 32.0 Å². The summed E-state index contributed by atoms with van der Waals surface area (Å²) in [7, 11) is -1.90. The number of anilines is 1. The molecule has 0 saturated carbocycles. The highest BCUT2D eigenvalue weighted by Crippen LogP contribution is 2.36. The lowest BCUT2D eigenvalue weighted by atomic mass is 10.1. The number of methoxy groups -OCH3 is 1. The summed E-state index contributed by atoms with van der Waals surface area (Å²) in [5.41, 5.74) is 1.97. The van der Waals surface area contributed by atoms with Crippen LogP contribution in [0, 0.1) is 0 Å². The Balaban J connectivity index is 1.46. The van der Waals surface area contributed by atoms with Crippen LogP contribution < -0.4 is 10.1 Å². The third-order valence-corrected chi connectivity index (χ3v) is 8.70. The molecule has 1 aliphatic rings. The van der Waals surface area contributed by atoms with Crippen LogP contribution in [0.3, 0.4) is 0 Å². The van der Waals surface area contributed by atoms with E-state index >= 15 is 0 Å². The Morgan fingerprint density at radius 3 is 2.41 bits per heavy atom. The van der Waals surface area contributed by atoms with Crippen LogP contribution in [0.1, 0.15) is 20.8 Å². The lowest BCUT2D eigenvalue weighted by Crippen LogP contribution is -2.56. The normalized spacial score (nSPS) is 16.9. The van der Waals surface area contributed by atoms with E-state index in [4.69, 9.17) is 9.15 Å². The Morgan fingerprint density at radius 1 is 1.09 bits per heavy atom. The summed E-state index contributed by atoms with van der Waals surface area (Å²) in [4.78, 5) is 15.1. The SMILES string of the molecule is CCN(CC)S(=O)(=O)N1CCN(C(C)C(=O)Nc2cc3oc4ccccc4c3cc2OC)CC1. The monoisotopic (exact) mass is 488 g/mol. The minimum Gasteiger partial charge on any atom is -0.495 e. The van der Waals surface area contributed by atoms with Crippen molar-refractivity contribution >= 4 is 43.7 Å². The van der Waals surface area contributed by atoms with E-state index in [2.05, 4.69) is 5.32 Å². The number of rotatable bonds is 8. The summed E-state index contributed by atoms with van der Waals surface area (Å²) in [6, 6.07) is 11.0. The van der Waals surface area contributed by atoms with E-state index in [0.29, 0.717) is 56.3 Å². The third-order valence-electron chi connectivity index (χ3n) is 6.52. The fourth-order valence-electron chi connectivity index (χ4n) is 4.46. The average molecular weight is 489 g/mol. The van der Waals surface area contributed by atoms with Gasteiger partial charge in [-0.25, -0.2) is 0 Å². The van der Waals surface area contributed by atoms with E-state index < -0.39 is 16.3 Å². The second-order valence-electron chi connectivity index (χ2n) is 8.34. The predicted molar refractivity (Wildman–Crippen MR) is 133 cm³/mol. The number of nitrogens with zero attached hydrogens (tertiary/aromatic N) is 3. The first-order valence-electron chi connectivity index (χ1n) is 11.6. The van der Waals surface area contributed by atoms with E-state index in [1.807, 2.05) is 56.0 Å². The maximum absolute atomic E-state index is 13.1. The van der Waals surface area contributed by atoms with Gasteiger partial charge in [-0.15, -0.1) is 0 Å². The molecule has 0 radical (unpaired) electrons. The van der Waals surface area contributed by atoms with Gasteiger partial charge in [-0.2, -0.15) is 17.0 Å². The quantitative estimate of drug-likeness (QED) is 0.524. The van der Waals surface area contributed by atoms with E-state index in [1.165, 1.54) is 8.61 Å². The molecule has 1 saturated heterocycles. The molecule has 1 amide bonds. The molecule has 0 aliphatic carbocycles. The van der Waals surface area contributed by atoms with Gasteiger partial charge in [0.2, 0.25) is 5.91 Å². The van der Waals surface area contributed by atoms with Crippen LogP contribution in [0.5, 0.6) is 5.75 Å². The molecule has 1 aliphatic heterocycles. The summed E-state index contributed by atoms with van der Waals surface area (Å²) in [6.07, 6.45) is 0. The van der Waals surface area contributed by atoms with Crippen molar-refractivity contribution in [3.05, 3.63) is 36.4 Å². The van der Waals surface area contributed by atoms with Crippen LogP contribution in [-0.4, -0.2) is 80.3 Å². The van der Waals surface area contributed by atoms with Gasteiger partial charge in [0, 0.05) is 56.1 Å². The topological polar surface area (TPSA) is 95.3 Å². The Kier molecular flexibility index (Phi) is 7.13. The van der Waals surface area contributed by atoms with E-state index in [9.17, 15) is 13.2 Å². The number of hydrogen-bond donors (Lipinski definition) is 1. The number of piperazine rings is 1. The van der Waals surface area contributed by atoms with Crippen molar-refractivity contribution < 1.29 is 22.4 Å². The molecule has 10 heteroatoms. The molecule has 4 rings (SSSR count). The van der Waals surface area contributed by atoms with Crippen LogP contribution in [0.25, 0.3) is 21.9 Å². The first-order chi connectivity index (χ1) is 16.3. The van der Waals surface area contributed by atoms with E-state index in [1.54, 1.807) is 13.2 Å². The minimum atomic E-state index is -3.47. The van der Waals surface area contributed by atoms with Crippen molar-refractivity contribution in [2.24, 2.45) is 0 Å². The fourth-order valence-corrected chi connectivity index (χ4v) is 6.06. The number of fused-ring (bicyclic) bond motifs is 3. The van der Waals surface area contributed by atoms with Crippen LogP contribution >= 0.6 is 0 Å². The van der Waals surface area contributed by atoms with Crippen LogP contribution in [0.15, 0.2) is 40.8 Å². The van der Waals surface area contributed by atoms with Crippen molar-refractivity contribution in [2.75, 3.05) is 51.7 Å². The van der Waals surface area contributed by atoms with Gasteiger partial charge in [0.1, 0.15) is 16.9 Å². The summed E-state index contributed by atoms with van der Waals surface area (Å²) >= 11 is 0. The molecule has 1 aromatic heterocycles. The Labute approximate surface area is 200 Å². The maximum atomic E-state index is 13.1. The van der Waals surface area contributed by atoms with Gasteiger partial charge in [-0.3, -0.25) is 9.69 Å². The van der Waals surface area contributed by atoms with Crippen molar-refractivity contribution in [1.29, 1.82) is 0 Å². The number of amides is 1. The molecule has 3 aromatic rings. The van der Waals surface area contributed by atoms with Gasteiger partial charge in [0.15, 0.2) is 0 Å². The van der Waals surface area contributed by atoms with E-state index in [-0.39, 0.29) is 5.91 Å². The molecule has 9 nitrogen and oxygen atoms in total. The number of benzene rings is 2. The van der Waals surface area contributed by atoms with Crippen molar-refractivity contribution in [3.8, 4) is 5.75 Å². The summed E-state index contributed by atoms with van der Waals surface area (Å²) < 4.78 is 40.0. The number of carbonyl (C=O) groups excluding carboxylic acids is 1. The molecule has 1 fully saturated rings. The molecule has 1 atom stereocenters. The number of carbonyl (C=O) groups is 1. The number of furan rings is 1. The lowest BCUT2D eigenvalue weighted by Gasteiger charge is -2.38. The second-order valence-corrected chi connectivity index (χ2v) is 10.3. The first-order valence-corrected chi connectivity index (χ1v) is 13.0. The molecule has 2 heterocycles. The number of hydrogen-bond acceptors (Lipinski definition) is 6. The molecule has 1 unspecified atom stereocenters. The van der Waals surface area contributed by atoms with Crippen molar-refractivity contribution in [2.45, 2.75) is 26.8 Å². The van der Waals surface area contributed by atoms with Crippen LogP contribution in [0.4, 0.5) is 5.69 Å². The maximum Gasteiger partial charge on any atom is 0.282 e. The van der Waals surface area contributed by atoms with Crippen molar-refractivity contribution in [3.63, 3.8) is 0 Å². The fraction of sp³-hybridized carbons (Fsp3) is 0.458. The Hall–Kier alpha value is -2.66. The van der Waals surface area contributed by atoms with Gasteiger partial charge < -0.3 is 14.5 Å². The van der Waals surface area contributed by atoms with Gasteiger partial charge in [0.25, 0.3) is 10.2 Å². The van der Waals surface area contributed by atoms with Crippen LogP contribution in [0.2, 0.25) is 0 Å². The predicted octanol–water partition coefficient (Wildman–Crippen LogP) is 3.13.